The van der Waals surface area contributed by atoms with Crippen molar-refractivity contribution in [2.75, 3.05) is 5.32 Å². The van der Waals surface area contributed by atoms with Gasteiger partial charge in [-0.15, -0.1) is 0 Å². The van der Waals surface area contributed by atoms with Gasteiger partial charge in [0, 0.05) is 27.8 Å². The van der Waals surface area contributed by atoms with Crippen LogP contribution >= 0.6 is 11.6 Å². The molecule has 2 aromatic rings. The van der Waals surface area contributed by atoms with E-state index in [0.717, 1.165) is 16.9 Å². The zero-order valence-electron chi connectivity index (χ0n) is 13.0. The molecule has 1 aromatic heterocycles. The largest absolute Gasteiger partial charge is 0.310 e. The van der Waals surface area contributed by atoms with Gasteiger partial charge in [-0.2, -0.15) is 5.10 Å². The summed E-state index contributed by atoms with van der Waals surface area (Å²) in [6.07, 6.45) is 0.429. The van der Waals surface area contributed by atoms with E-state index in [4.69, 9.17) is 11.6 Å². The quantitative estimate of drug-likeness (QED) is 0.919. The molecule has 0 saturated heterocycles. The van der Waals surface area contributed by atoms with E-state index in [1.165, 1.54) is 0 Å². The summed E-state index contributed by atoms with van der Waals surface area (Å²) in [7, 11) is -0.946. The summed E-state index contributed by atoms with van der Waals surface area (Å²) in [5.41, 5.74) is 2.42. The van der Waals surface area contributed by atoms with Crippen LogP contribution in [0.15, 0.2) is 24.3 Å². The molecule has 0 bridgehead atoms. The number of carbonyl (C=O) groups excluding carboxylic acids is 1. The van der Waals surface area contributed by atoms with Gasteiger partial charge in [0.05, 0.1) is 22.9 Å². The summed E-state index contributed by atoms with van der Waals surface area (Å²) in [5, 5.41) is 8.08. The Kier molecular flexibility index (Phi) is 4.55. The highest BCUT2D eigenvalue weighted by Gasteiger charge is 2.28. The molecule has 0 radical (unpaired) electrons. The molecular formula is C16H18ClN3O2S. The van der Waals surface area contributed by atoms with Crippen LogP contribution in [0.4, 0.5) is 5.82 Å². The molecule has 2 heterocycles. The molecule has 3 rings (SSSR count). The number of hydrogen-bond acceptors (Lipinski definition) is 3. The first kappa shape index (κ1) is 16.2. The summed E-state index contributed by atoms with van der Waals surface area (Å²) < 4.78 is 13.5. The summed E-state index contributed by atoms with van der Waals surface area (Å²) in [4.78, 5) is 12.2. The Morgan fingerprint density at radius 3 is 2.91 bits per heavy atom. The van der Waals surface area contributed by atoms with Crippen molar-refractivity contribution < 1.29 is 9.00 Å². The zero-order valence-corrected chi connectivity index (χ0v) is 14.6. The first-order chi connectivity index (χ1) is 10.9. The smallest absolute Gasteiger partial charge is 0.225 e. The van der Waals surface area contributed by atoms with Crippen molar-refractivity contribution in [2.45, 2.75) is 31.8 Å². The first-order valence-corrected chi connectivity index (χ1v) is 9.32. The van der Waals surface area contributed by atoms with Gasteiger partial charge in [-0.1, -0.05) is 31.5 Å². The van der Waals surface area contributed by atoms with E-state index in [0.29, 0.717) is 28.8 Å². The molecule has 1 amide bonds. The summed E-state index contributed by atoms with van der Waals surface area (Å²) in [6, 6.07) is 7.29. The van der Waals surface area contributed by atoms with Gasteiger partial charge in [0.15, 0.2) is 0 Å². The van der Waals surface area contributed by atoms with E-state index in [2.05, 4.69) is 10.4 Å². The van der Waals surface area contributed by atoms with Gasteiger partial charge in [0.2, 0.25) is 5.91 Å². The highest BCUT2D eigenvalue weighted by Crippen LogP contribution is 2.32. The second kappa shape index (κ2) is 6.45. The molecule has 1 aliphatic rings. The van der Waals surface area contributed by atoms with Gasteiger partial charge >= 0.3 is 0 Å². The van der Waals surface area contributed by atoms with Gasteiger partial charge in [-0.05, 0) is 24.1 Å². The maximum atomic E-state index is 12.2. The summed E-state index contributed by atoms with van der Waals surface area (Å²) >= 11 is 6.06. The topological polar surface area (TPSA) is 64.0 Å². The summed E-state index contributed by atoms with van der Waals surface area (Å²) in [6.45, 7) is 3.99. The lowest BCUT2D eigenvalue weighted by Crippen LogP contribution is -2.17. The van der Waals surface area contributed by atoms with Gasteiger partial charge in [0.1, 0.15) is 5.82 Å². The number of halogens is 1. The van der Waals surface area contributed by atoms with Crippen molar-refractivity contribution in [3.05, 3.63) is 40.5 Å². The lowest BCUT2D eigenvalue weighted by molar-refractivity contribution is -0.116. The van der Waals surface area contributed by atoms with E-state index in [1.54, 1.807) is 16.8 Å². The minimum absolute atomic E-state index is 0.0661. The van der Waals surface area contributed by atoms with Crippen LogP contribution in [0.25, 0.3) is 5.69 Å². The second-order valence-corrected chi connectivity index (χ2v) is 7.93. The number of rotatable bonds is 4. The van der Waals surface area contributed by atoms with E-state index in [-0.39, 0.29) is 11.8 Å². The molecule has 0 saturated carbocycles. The molecule has 23 heavy (non-hydrogen) atoms. The number of fused-ring (bicyclic) bond motifs is 1. The fourth-order valence-corrected chi connectivity index (χ4v) is 4.05. The number of carbonyl (C=O) groups is 1. The maximum absolute atomic E-state index is 12.2. The molecule has 7 heteroatoms. The number of anilines is 1. The fourth-order valence-electron chi connectivity index (χ4n) is 2.60. The lowest BCUT2D eigenvalue weighted by atomic mass is 10.1. The predicted octanol–water partition coefficient (Wildman–Crippen LogP) is 3.27. The highest BCUT2D eigenvalue weighted by molar-refractivity contribution is 7.83. The Hall–Kier alpha value is -1.66. The van der Waals surface area contributed by atoms with Crippen LogP contribution in [0.1, 0.15) is 31.5 Å². The minimum atomic E-state index is -0.946. The molecule has 1 aromatic carbocycles. The molecule has 122 valence electrons. The lowest BCUT2D eigenvalue weighted by Gasteiger charge is -2.12. The van der Waals surface area contributed by atoms with E-state index in [1.807, 2.05) is 26.0 Å². The van der Waals surface area contributed by atoms with E-state index in [9.17, 15) is 9.00 Å². The zero-order chi connectivity index (χ0) is 16.6. The molecular weight excluding hydrogens is 334 g/mol. The van der Waals surface area contributed by atoms with Crippen molar-refractivity contribution in [1.82, 2.24) is 9.78 Å². The van der Waals surface area contributed by atoms with Crippen LogP contribution in [0.5, 0.6) is 0 Å². The SMILES string of the molecule is CC(C)CC(=O)Nc1c2c(nn1-c1cccc(Cl)c1)C[S@@](=O)C2. The molecule has 1 atom stereocenters. The Bertz CT molecular complexity index is 786. The number of benzene rings is 1. The Morgan fingerprint density at radius 1 is 1.43 bits per heavy atom. The maximum Gasteiger partial charge on any atom is 0.225 e. The second-order valence-electron chi connectivity index (χ2n) is 6.04. The minimum Gasteiger partial charge on any atom is -0.310 e. The molecule has 0 fully saturated rings. The normalized spacial score (nSPS) is 16.6. The van der Waals surface area contributed by atoms with Crippen LogP contribution in [0.3, 0.4) is 0 Å². The molecule has 0 aliphatic carbocycles. The fraction of sp³-hybridized carbons (Fsp3) is 0.375. The number of amides is 1. The third-order valence-corrected chi connectivity index (χ3v) is 5.02. The molecule has 1 aliphatic heterocycles. The average molecular weight is 352 g/mol. The van der Waals surface area contributed by atoms with Crippen molar-refractivity contribution in [1.29, 1.82) is 0 Å². The third-order valence-electron chi connectivity index (χ3n) is 3.57. The van der Waals surface area contributed by atoms with Gasteiger partial charge in [0.25, 0.3) is 0 Å². The van der Waals surface area contributed by atoms with Crippen molar-refractivity contribution in [2.24, 2.45) is 5.92 Å². The average Bonchev–Trinajstić information content (AvgIpc) is 2.96. The standard InChI is InChI=1S/C16H18ClN3O2S/c1-10(2)6-15(21)18-16-13-8-23(22)9-14(13)19-20(16)12-5-3-4-11(17)7-12/h3-5,7,10H,6,8-9H2,1-2H3,(H,18,21)/t23-/m0/s1. The first-order valence-electron chi connectivity index (χ1n) is 7.45. The highest BCUT2D eigenvalue weighted by atomic mass is 35.5. The molecule has 1 N–H and O–H groups in total. The van der Waals surface area contributed by atoms with Crippen molar-refractivity contribution in [3.63, 3.8) is 0 Å². The molecule has 5 nitrogen and oxygen atoms in total. The van der Waals surface area contributed by atoms with Gasteiger partial charge in [-0.3, -0.25) is 9.00 Å². The summed E-state index contributed by atoms with van der Waals surface area (Å²) in [5.74, 6) is 1.66. The Balaban J connectivity index is 2.01. The molecule has 0 spiro atoms. The van der Waals surface area contributed by atoms with Crippen LogP contribution in [-0.2, 0) is 27.1 Å². The van der Waals surface area contributed by atoms with E-state index >= 15 is 0 Å². The number of aromatic nitrogens is 2. The Morgan fingerprint density at radius 2 is 2.22 bits per heavy atom. The van der Waals surface area contributed by atoms with Crippen LogP contribution in [0, 0.1) is 5.92 Å². The monoisotopic (exact) mass is 351 g/mol. The van der Waals surface area contributed by atoms with Crippen molar-refractivity contribution in [3.8, 4) is 5.69 Å². The Labute approximate surface area is 142 Å². The number of nitrogens with zero attached hydrogens (tertiary/aromatic N) is 2. The number of hydrogen-bond donors (Lipinski definition) is 1. The van der Waals surface area contributed by atoms with Gasteiger partial charge < -0.3 is 5.32 Å². The van der Waals surface area contributed by atoms with Gasteiger partial charge in [-0.25, -0.2) is 4.68 Å². The van der Waals surface area contributed by atoms with Crippen LogP contribution < -0.4 is 5.32 Å². The molecule has 0 unspecified atom stereocenters. The predicted molar refractivity (Wildman–Crippen MR) is 92.2 cm³/mol. The van der Waals surface area contributed by atoms with Crippen LogP contribution in [0.2, 0.25) is 5.02 Å². The number of nitrogens with one attached hydrogen (secondary N) is 1. The van der Waals surface area contributed by atoms with Crippen molar-refractivity contribution >= 4 is 34.1 Å². The van der Waals surface area contributed by atoms with Crippen LogP contribution in [-0.4, -0.2) is 19.9 Å². The third kappa shape index (κ3) is 3.48. The van der Waals surface area contributed by atoms with E-state index < -0.39 is 10.8 Å².